The minimum Gasteiger partial charge on any atom is -0.373 e. The Labute approximate surface area is 162 Å². The summed E-state index contributed by atoms with van der Waals surface area (Å²) >= 11 is 0. The van der Waals surface area contributed by atoms with Crippen LogP contribution in [0.15, 0.2) is 60.9 Å². The van der Waals surface area contributed by atoms with Gasteiger partial charge >= 0.3 is 0 Å². The smallest absolute Gasteiger partial charge is 0.293 e. The molecule has 0 saturated carbocycles. The van der Waals surface area contributed by atoms with Crippen LogP contribution in [0, 0.1) is 10.1 Å². The SMILES string of the molecule is CNC(=O)c1ccc(NC(C)c2cnn(Cc3ccccc3)c2)c([N+](=O)[O-])c1. The van der Waals surface area contributed by atoms with Crippen molar-refractivity contribution in [3.8, 4) is 0 Å². The molecule has 2 N–H and O–H groups in total. The maximum absolute atomic E-state index is 11.7. The highest BCUT2D eigenvalue weighted by Crippen LogP contribution is 2.29. The molecule has 0 aliphatic rings. The minimum atomic E-state index is -0.500. The Balaban J connectivity index is 1.76. The van der Waals surface area contributed by atoms with Crippen LogP contribution in [0.1, 0.15) is 34.5 Å². The molecule has 8 nitrogen and oxygen atoms in total. The first-order valence-corrected chi connectivity index (χ1v) is 8.81. The lowest BCUT2D eigenvalue weighted by Crippen LogP contribution is -2.18. The van der Waals surface area contributed by atoms with Crippen LogP contribution >= 0.6 is 0 Å². The summed E-state index contributed by atoms with van der Waals surface area (Å²) in [5.41, 5.74) is 2.48. The van der Waals surface area contributed by atoms with Gasteiger partial charge in [0, 0.05) is 30.4 Å². The number of aromatic nitrogens is 2. The molecule has 1 amide bonds. The standard InChI is InChI=1S/C20H21N5O3/c1-14(17-11-22-24(13-17)12-15-6-4-3-5-7-15)23-18-9-8-16(20(26)21-2)10-19(18)25(27)28/h3-11,13-14,23H,12H2,1-2H3,(H,21,26). The summed E-state index contributed by atoms with van der Waals surface area (Å²) in [6.07, 6.45) is 3.65. The van der Waals surface area contributed by atoms with E-state index in [9.17, 15) is 14.9 Å². The summed E-state index contributed by atoms with van der Waals surface area (Å²) in [5.74, 6) is -0.370. The zero-order valence-electron chi connectivity index (χ0n) is 15.6. The fourth-order valence-corrected chi connectivity index (χ4v) is 2.87. The van der Waals surface area contributed by atoms with Crippen molar-refractivity contribution in [3.05, 3.63) is 87.7 Å². The summed E-state index contributed by atoms with van der Waals surface area (Å²) in [4.78, 5) is 22.7. The number of nitro groups is 1. The molecule has 8 heteroatoms. The van der Waals surface area contributed by atoms with Gasteiger partial charge in [0.05, 0.1) is 23.7 Å². The zero-order chi connectivity index (χ0) is 20.1. The summed E-state index contributed by atoms with van der Waals surface area (Å²) in [7, 11) is 1.48. The highest BCUT2D eigenvalue weighted by atomic mass is 16.6. The average Bonchev–Trinajstić information content (AvgIpc) is 3.17. The molecule has 28 heavy (non-hydrogen) atoms. The maximum Gasteiger partial charge on any atom is 0.293 e. The van der Waals surface area contributed by atoms with Gasteiger partial charge in [0.25, 0.3) is 11.6 Å². The van der Waals surface area contributed by atoms with Crippen molar-refractivity contribution >= 4 is 17.3 Å². The number of hydrogen-bond donors (Lipinski definition) is 2. The first kappa shape index (κ1) is 19.1. The van der Waals surface area contributed by atoms with Gasteiger partial charge in [0.15, 0.2) is 0 Å². The molecule has 1 aromatic heterocycles. The van der Waals surface area contributed by atoms with Gasteiger partial charge in [-0.25, -0.2) is 0 Å². The number of nitro benzene ring substituents is 1. The van der Waals surface area contributed by atoms with Crippen LogP contribution in [0.25, 0.3) is 0 Å². The van der Waals surface area contributed by atoms with Crippen molar-refractivity contribution < 1.29 is 9.72 Å². The van der Waals surface area contributed by atoms with Gasteiger partial charge in [-0.2, -0.15) is 5.10 Å². The van der Waals surface area contributed by atoms with Gasteiger partial charge in [0.2, 0.25) is 0 Å². The van der Waals surface area contributed by atoms with Crippen molar-refractivity contribution in [1.29, 1.82) is 0 Å². The summed E-state index contributed by atoms with van der Waals surface area (Å²) in [6.45, 7) is 2.55. The number of nitrogens with zero attached hydrogens (tertiary/aromatic N) is 3. The van der Waals surface area contributed by atoms with Crippen molar-refractivity contribution in [2.24, 2.45) is 0 Å². The van der Waals surface area contributed by atoms with Crippen LogP contribution in [-0.2, 0) is 6.54 Å². The molecule has 0 aliphatic carbocycles. The number of carbonyl (C=O) groups is 1. The van der Waals surface area contributed by atoms with E-state index in [1.807, 2.05) is 48.1 Å². The van der Waals surface area contributed by atoms with Gasteiger partial charge in [-0.05, 0) is 24.6 Å². The molecule has 3 rings (SSSR count). The monoisotopic (exact) mass is 379 g/mol. The Bertz CT molecular complexity index is 985. The second-order valence-corrected chi connectivity index (χ2v) is 6.39. The molecule has 0 spiro atoms. The van der Waals surface area contributed by atoms with Gasteiger partial charge in [-0.3, -0.25) is 19.6 Å². The maximum atomic E-state index is 11.7. The molecule has 2 aromatic carbocycles. The first-order chi connectivity index (χ1) is 13.5. The molecule has 0 aliphatic heterocycles. The number of carbonyl (C=O) groups excluding carboxylic acids is 1. The lowest BCUT2D eigenvalue weighted by molar-refractivity contribution is -0.384. The number of hydrogen-bond acceptors (Lipinski definition) is 5. The second kappa shape index (κ2) is 8.34. The summed E-state index contributed by atoms with van der Waals surface area (Å²) in [6, 6.07) is 14.2. The predicted molar refractivity (Wildman–Crippen MR) is 106 cm³/mol. The fourth-order valence-electron chi connectivity index (χ4n) is 2.87. The van der Waals surface area contributed by atoms with Crippen molar-refractivity contribution in [3.63, 3.8) is 0 Å². The second-order valence-electron chi connectivity index (χ2n) is 6.39. The van der Waals surface area contributed by atoms with Gasteiger partial charge in [-0.15, -0.1) is 0 Å². The van der Waals surface area contributed by atoms with E-state index in [0.717, 1.165) is 11.1 Å². The largest absolute Gasteiger partial charge is 0.373 e. The third-order valence-corrected chi connectivity index (χ3v) is 4.40. The molecule has 1 heterocycles. The number of nitrogens with one attached hydrogen (secondary N) is 2. The Kier molecular flexibility index (Phi) is 5.69. The summed E-state index contributed by atoms with van der Waals surface area (Å²) < 4.78 is 1.83. The molecule has 0 bridgehead atoms. The third kappa shape index (κ3) is 4.35. The lowest BCUT2D eigenvalue weighted by atomic mass is 10.1. The fraction of sp³-hybridized carbons (Fsp3) is 0.200. The highest BCUT2D eigenvalue weighted by molar-refractivity contribution is 5.95. The topological polar surface area (TPSA) is 102 Å². The number of anilines is 1. The number of amides is 1. The molecular formula is C20H21N5O3. The Hall–Kier alpha value is -3.68. The minimum absolute atomic E-state index is 0.148. The predicted octanol–water partition coefficient (Wildman–Crippen LogP) is 3.37. The van der Waals surface area contributed by atoms with Crippen molar-refractivity contribution in [1.82, 2.24) is 15.1 Å². The molecule has 0 fully saturated rings. The van der Waals surface area contributed by atoms with Crippen LogP contribution in [0.2, 0.25) is 0 Å². The molecular weight excluding hydrogens is 358 g/mol. The van der Waals surface area contributed by atoms with E-state index in [0.29, 0.717) is 12.2 Å². The van der Waals surface area contributed by atoms with Gasteiger partial charge in [-0.1, -0.05) is 30.3 Å². The quantitative estimate of drug-likeness (QED) is 0.484. The van der Waals surface area contributed by atoms with E-state index in [2.05, 4.69) is 15.7 Å². The average molecular weight is 379 g/mol. The van der Waals surface area contributed by atoms with Gasteiger partial charge in [0.1, 0.15) is 5.69 Å². The van der Waals surface area contributed by atoms with Crippen molar-refractivity contribution in [2.75, 3.05) is 12.4 Å². The number of rotatable bonds is 7. The number of benzene rings is 2. The zero-order valence-corrected chi connectivity index (χ0v) is 15.6. The van der Waals surface area contributed by atoms with E-state index in [1.54, 1.807) is 18.3 Å². The van der Waals surface area contributed by atoms with Crippen LogP contribution < -0.4 is 10.6 Å². The van der Waals surface area contributed by atoms with Gasteiger partial charge < -0.3 is 10.6 Å². The molecule has 0 radical (unpaired) electrons. The van der Waals surface area contributed by atoms with E-state index >= 15 is 0 Å². The van der Waals surface area contributed by atoms with E-state index in [1.165, 1.54) is 13.1 Å². The Morgan fingerprint density at radius 1 is 1.25 bits per heavy atom. The van der Waals surface area contributed by atoms with Crippen LogP contribution in [-0.4, -0.2) is 27.7 Å². The Morgan fingerprint density at radius 3 is 2.68 bits per heavy atom. The highest BCUT2D eigenvalue weighted by Gasteiger charge is 2.19. The molecule has 1 unspecified atom stereocenters. The normalized spacial score (nSPS) is 11.6. The summed E-state index contributed by atoms with van der Waals surface area (Å²) in [5, 5.41) is 21.4. The van der Waals surface area contributed by atoms with E-state index in [4.69, 9.17) is 0 Å². The lowest BCUT2D eigenvalue weighted by Gasteiger charge is -2.14. The molecule has 0 saturated heterocycles. The molecule has 3 aromatic rings. The van der Waals surface area contributed by atoms with Crippen LogP contribution in [0.5, 0.6) is 0 Å². The first-order valence-electron chi connectivity index (χ1n) is 8.81. The van der Waals surface area contributed by atoms with Crippen molar-refractivity contribution in [2.45, 2.75) is 19.5 Å². The Morgan fingerprint density at radius 2 is 2.00 bits per heavy atom. The molecule has 144 valence electrons. The van der Waals surface area contributed by atoms with Crippen LogP contribution in [0.4, 0.5) is 11.4 Å². The third-order valence-electron chi connectivity index (χ3n) is 4.40. The van der Waals surface area contributed by atoms with Crippen LogP contribution in [0.3, 0.4) is 0 Å². The van der Waals surface area contributed by atoms with E-state index in [-0.39, 0.29) is 23.2 Å². The molecule has 1 atom stereocenters. The van der Waals surface area contributed by atoms with E-state index < -0.39 is 4.92 Å².